The lowest BCUT2D eigenvalue weighted by molar-refractivity contribution is -0.0745. The predicted octanol–water partition coefficient (Wildman–Crippen LogP) is 4.04. The third-order valence-corrected chi connectivity index (χ3v) is 6.35. The van der Waals surface area contributed by atoms with Crippen molar-refractivity contribution in [1.82, 2.24) is 9.88 Å². The van der Waals surface area contributed by atoms with Gasteiger partial charge >= 0.3 is 0 Å². The molecule has 0 N–H and O–H groups in total. The Morgan fingerprint density at radius 2 is 1.93 bits per heavy atom. The van der Waals surface area contributed by atoms with Gasteiger partial charge in [-0.05, 0) is 56.0 Å². The first-order chi connectivity index (χ1) is 14.1. The zero-order valence-corrected chi connectivity index (χ0v) is 18.0. The van der Waals surface area contributed by atoms with E-state index in [1.54, 1.807) is 7.11 Å². The monoisotopic (exact) mass is 415 g/mol. The van der Waals surface area contributed by atoms with Crippen molar-refractivity contribution in [1.29, 1.82) is 0 Å². The van der Waals surface area contributed by atoms with Gasteiger partial charge in [0.2, 0.25) is 0 Å². The van der Waals surface area contributed by atoms with Crippen molar-refractivity contribution in [3.05, 3.63) is 53.2 Å². The van der Waals surface area contributed by atoms with Crippen LogP contribution in [-0.4, -0.2) is 61.4 Å². The van der Waals surface area contributed by atoms with E-state index in [1.807, 2.05) is 30.5 Å². The van der Waals surface area contributed by atoms with Gasteiger partial charge in [0, 0.05) is 42.9 Å². The second-order valence-corrected chi connectivity index (χ2v) is 8.51. The van der Waals surface area contributed by atoms with Gasteiger partial charge in [-0.1, -0.05) is 23.7 Å². The number of benzene rings is 1. The Morgan fingerprint density at radius 3 is 2.66 bits per heavy atom. The van der Waals surface area contributed by atoms with Crippen LogP contribution in [0.4, 0.5) is 5.82 Å². The highest BCUT2D eigenvalue weighted by atomic mass is 35.5. The van der Waals surface area contributed by atoms with E-state index < -0.39 is 0 Å². The number of hydrogen-bond donors (Lipinski definition) is 0. The molecule has 0 bridgehead atoms. The molecule has 6 heteroatoms. The summed E-state index contributed by atoms with van der Waals surface area (Å²) in [6.07, 6.45) is 5.38. The Hall–Kier alpha value is -1.82. The molecule has 2 aliphatic rings. The normalized spacial score (nSPS) is 23.9. The molecule has 0 aliphatic carbocycles. The van der Waals surface area contributed by atoms with E-state index in [1.165, 1.54) is 5.56 Å². The Balaban J connectivity index is 1.42. The number of anilines is 1. The van der Waals surface area contributed by atoms with Crippen LogP contribution in [0.25, 0.3) is 0 Å². The smallest absolute Gasteiger partial charge is 0.171 e. The molecule has 0 spiro atoms. The summed E-state index contributed by atoms with van der Waals surface area (Å²) in [7, 11) is 1.71. The molecule has 0 radical (unpaired) electrons. The number of pyridine rings is 1. The van der Waals surface area contributed by atoms with Crippen LogP contribution in [0.15, 0.2) is 42.6 Å². The van der Waals surface area contributed by atoms with Crippen molar-refractivity contribution in [3.8, 4) is 5.75 Å². The summed E-state index contributed by atoms with van der Waals surface area (Å²) in [6.45, 7) is 5.96. The van der Waals surface area contributed by atoms with Gasteiger partial charge in [-0.15, -0.1) is 0 Å². The largest absolute Gasteiger partial charge is 0.493 e. The first kappa shape index (κ1) is 20.5. The number of halogens is 1. The highest BCUT2D eigenvalue weighted by Gasteiger charge is 2.34. The summed E-state index contributed by atoms with van der Waals surface area (Å²) in [5.74, 6) is 1.81. The molecule has 4 rings (SSSR count). The molecule has 5 nitrogen and oxygen atoms in total. The maximum absolute atomic E-state index is 6.06. The second kappa shape index (κ2) is 9.33. The molecule has 29 heavy (non-hydrogen) atoms. The van der Waals surface area contributed by atoms with Gasteiger partial charge in [0.25, 0.3) is 0 Å². The molecular formula is C23H30ClN3O2. The SMILES string of the molecule is COc1cccnc1N1CCC(N2C[C@H](C)OC[C@@H]2Cc2ccc(Cl)cc2)CC1. The third-order valence-electron chi connectivity index (χ3n) is 6.10. The molecule has 3 heterocycles. The molecule has 2 aromatic rings. The number of rotatable bonds is 5. The Bertz CT molecular complexity index is 793. The van der Waals surface area contributed by atoms with Crippen LogP contribution in [0.5, 0.6) is 5.75 Å². The van der Waals surface area contributed by atoms with E-state index >= 15 is 0 Å². The second-order valence-electron chi connectivity index (χ2n) is 8.07. The number of morpholine rings is 1. The number of nitrogens with zero attached hydrogens (tertiary/aromatic N) is 3. The fourth-order valence-corrected chi connectivity index (χ4v) is 4.70. The minimum absolute atomic E-state index is 0.283. The number of methoxy groups -OCH3 is 1. The summed E-state index contributed by atoms with van der Waals surface area (Å²) >= 11 is 6.06. The minimum atomic E-state index is 0.283. The summed E-state index contributed by atoms with van der Waals surface area (Å²) in [5.41, 5.74) is 1.32. The first-order valence-electron chi connectivity index (χ1n) is 10.5. The Kier molecular flexibility index (Phi) is 6.58. The fraction of sp³-hybridized carbons (Fsp3) is 0.522. The lowest BCUT2D eigenvalue weighted by Gasteiger charge is -2.46. The quantitative estimate of drug-likeness (QED) is 0.736. The third kappa shape index (κ3) is 4.85. The molecule has 1 aromatic heterocycles. The van der Waals surface area contributed by atoms with Crippen molar-refractivity contribution in [2.24, 2.45) is 0 Å². The van der Waals surface area contributed by atoms with Crippen LogP contribution < -0.4 is 9.64 Å². The minimum Gasteiger partial charge on any atom is -0.493 e. The maximum atomic E-state index is 6.06. The van der Waals surface area contributed by atoms with Gasteiger partial charge in [0.05, 0.1) is 19.8 Å². The van der Waals surface area contributed by atoms with Gasteiger partial charge in [0.1, 0.15) is 0 Å². The molecule has 1 aromatic carbocycles. The number of aromatic nitrogens is 1. The number of hydrogen-bond acceptors (Lipinski definition) is 5. The molecule has 0 unspecified atom stereocenters. The standard InChI is InChI=1S/C23H30ClN3O2/c1-17-15-27(21(16-29-17)14-18-5-7-19(24)8-6-18)20-9-12-26(13-10-20)23-22(28-2)4-3-11-25-23/h3-8,11,17,20-21H,9-10,12-16H2,1-2H3/t17-,21-/m0/s1. The van der Waals surface area contributed by atoms with Crippen molar-refractivity contribution >= 4 is 17.4 Å². The van der Waals surface area contributed by atoms with Crippen LogP contribution in [0.3, 0.4) is 0 Å². The van der Waals surface area contributed by atoms with E-state index in [-0.39, 0.29) is 6.10 Å². The lowest BCUT2D eigenvalue weighted by atomic mass is 9.96. The van der Waals surface area contributed by atoms with E-state index in [9.17, 15) is 0 Å². The summed E-state index contributed by atoms with van der Waals surface area (Å²) in [5, 5.41) is 0.788. The predicted molar refractivity (Wildman–Crippen MR) is 117 cm³/mol. The molecule has 0 saturated carbocycles. The average Bonchev–Trinajstić information content (AvgIpc) is 2.76. The fourth-order valence-electron chi connectivity index (χ4n) is 4.57. The molecule has 2 fully saturated rings. The zero-order valence-electron chi connectivity index (χ0n) is 17.3. The van der Waals surface area contributed by atoms with Gasteiger partial charge in [-0.2, -0.15) is 0 Å². The van der Waals surface area contributed by atoms with Gasteiger partial charge in [-0.3, -0.25) is 4.90 Å². The van der Waals surface area contributed by atoms with Crippen molar-refractivity contribution in [2.45, 2.75) is 44.4 Å². The van der Waals surface area contributed by atoms with E-state index in [0.717, 1.165) is 62.1 Å². The highest BCUT2D eigenvalue weighted by molar-refractivity contribution is 6.30. The van der Waals surface area contributed by atoms with E-state index in [2.05, 4.69) is 33.8 Å². The van der Waals surface area contributed by atoms with Crippen LogP contribution >= 0.6 is 11.6 Å². The summed E-state index contributed by atoms with van der Waals surface area (Å²) in [4.78, 5) is 9.60. The Morgan fingerprint density at radius 1 is 1.17 bits per heavy atom. The van der Waals surface area contributed by atoms with Gasteiger partial charge < -0.3 is 14.4 Å². The van der Waals surface area contributed by atoms with Gasteiger partial charge in [-0.25, -0.2) is 4.98 Å². The molecule has 156 valence electrons. The van der Waals surface area contributed by atoms with E-state index in [0.29, 0.717) is 12.1 Å². The molecule has 2 atom stereocenters. The molecule has 2 aliphatic heterocycles. The summed E-state index contributed by atoms with van der Waals surface area (Å²) in [6, 6.07) is 13.1. The zero-order chi connectivity index (χ0) is 20.2. The van der Waals surface area contributed by atoms with Crippen LogP contribution in [0, 0.1) is 0 Å². The number of ether oxygens (including phenoxy) is 2. The molecular weight excluding hydrogens is 386 g/mol. The van der Waals surface area contributed by atoms with Crippen LogP contribution in [0.1, 0.15) is 25.3 Å². The summed E-state index contributed by atoms with van der Waals surface area (Å²) < 4.78 is 11.5. The molecule has 0 amide bonds. The van der Waals surface area contributed by atoms with Crippen molar-refractivity contribution in [3.63, 3.8) is 0 Å². The van der Waals surface area contributed by atoms with Crippen molar-refractivity contribution in [2.75, 3.05) is 38.3 Å². The van der Waals surface area contributed by atoms with E-state index in [4.69, 9.17) is 21.1 Å². The first-order valence-corrected chi connectivity index (χ1v) is 10.9. The van der Waals surface area contributed by atoms with Crippen molar-refractivity contribution < 1.29 is 9.47 Å². The molecule has 2 saturated heterocycles. The van der Waals surface area contributed by atoms with Gasteiger partial charge in [0.15, 0.2) is 11.6 Å². The topological polar surface area (TPSA) is 37.8 Å². The maximum Gasteiger partial charge on any atom is 0.171 e. The highest BCUT2D eigenvalue weighted by Crippen LogP contribution is 2.30. The lowest BCUT2D eigenvalue weighted by Crippen LogP contribution is -2.56. The average molecular weight is 416 g/mol. The Labute approximate surface area is 178 Å². The van der Waals surface area contributed by atoms with Crippen LogP contribution in [0.2, 0.25) is 5.02 Å². The number of piperidine rings is 1. The van der Waals surface area contributed by atoms with Crippen LogP contribution in [-0.2, 0) is 11.2 Å².